The smallest absolute Gasteiger partial charge is 0.248 e. The zero-order valence-electron chi connectivity index (χ0n) is 20.8. The van der Waals surface area contributed by atoms with Gasteiger partial charge >= 0.3 is 0 Å². The summed E-state index contributed by atoms with van der Waals surface area (Å²) in [6, 6.07) is 16.2. The lowest BCUT2D eigenvalue weighted by Gasteiger charge is -2.06. The molecule has 5 rings (SSSR count). The van der Waals surface area contributed by atoms with E-state index in [0.29, 0.717) is 48.6 Å². The first-order valence-electron chi connectivity index (χ1n) is 12.4. The Balaban J connectivity index is 1.34. The summed E-state index contributed by atoms with van der Waals surface area (Å²) in [5.74, 6) is 3.44. The Morgan fingerprint density at radius 2 is 1.11 bits per heavy atom. The maximum atomic E-state index is 6.05. The van der Waals surface area contributed by atoms with Crippen LogP contribution in [0.25, 0.3) is 22.9 Å². The van der Waals surface area contributed by atoms with Crippen LogP contribution in [0.4, 0.5) is 0 Å². The van der Waals surface area contributed by atoms with Crippen LogP contribution in [0.2, 0.25) is 0 Å². The van der Waals surface area contributed by atoms with Crippen molar-refractivity contribution < 1.29 is 13.9 Å². The molecule has 2 aliphatic rings. The molecule has 182 valence electrons. The van der Waals surface area contributed by atoms with Crippen LogP contribution in [0.3, 0.4) is 0 Å². The third kappa shape index (κ3) is 5.45. The van der Waals surface area contributed by atoms with Gasteiger partial charge in [-0.15, -0.1) is 10.2 Å². The number of ether oxygens (including phenoxy) is 2. The SMILES string of the molecule is CC(C)C[C@H]1COC(c2cccc(-c3nnc(-c4cccc(C5=N[C@@H](CC(C)C)CO5)c4)o3)c2)=N1. The third-order valence-corrected chi connectivity index (χ3v) is 6.05. The lowest BCUT2D eigenvalue weighted by Crippen LogP contribution is -2.09. The monoisotopic (exact) mass is 472 g/mol. The second-order valence-corrected chi connectivity index (χ2v) is 10.1. The topological polar surface area (TPSA) is 82.1 Å². The van der Waals surface area contributed by atoms with Gasteiger partial charge < -0.3 is 13.9 Å². The highest BCUT2D eigenvalue weighted by molar-refractivity contribution is 5.96. The van der Waals surface area contributed by atoms with Gasteiger partial charge in [0, 0.05) is 22.3 Å². The summed E-state index contributed by atoms with van der Waals surface area (Å²) in [5, 5.41) is 8.60. The van der Waals surface area contributed by atoms with Crippen LogP contribution in [-0.4, -0.2) is 47.3 Å². The molecule has 35 heavy (non-hydrogen) atoms. The number of rotatable bonds is 8. The maximum Gasteiger partial charge on any atom is 0.248 e. The largest absolute Gasteiger partial charge is 0.475 e. The average molecular weight is 473 g/mol. The minimum absolute atomic E-state index is 0.213. The van der Waals surface area contributed by atoms with Crippen LogP contribution in [0.1, 0.15) is 51.7 Å². The van der Waals surface area contributed by atoms with E-state index in [-0.39, 0.29) is 12.1 Å². The van der Waals surface area contributed by atoms with Crippen LogP contribution < -0.4 is 0 Å². The maximum absolute atomic E-state index is 6.05. The predicted molar refractivity (Wildman–Crippen MR) is 137 cm³/mol. The predicted octanol–water partition coefficient (Wildman–Crippen LogP) is 5.79. The molecule has 2 aliphatic heterocycles. The normalized spacial score (nSPS) is 19.6. The molecule has 3 aromatic rings. The van der Waals surface area contributed by atoms with Gasteiger partial charge in [-0.25, -0.2) is 9.98 Å². The molecule has 0 bridgehead atoms. The van der Waals surface area contributed by atoms with E-state index in [1.54, 1.807) is 0 Å². The molecule has 7 heteroatoms. The molecule has 0 N–H and O–H groups in total. The van der Waals surface area contributed by atoms with Crippen LogP contribution in [0, 0.1) is 11.8 Å². The summed E-state index contributed by atoms with van der Waals surface area (Å²) < 4.78 is 17.8. The molecule has 0 aliphatic carbocycles. The van der Waals surface area contributed by atoms with E-state index in [1.807, 2.05) is 48.5 Å². The van der Waals surface area contributed by atoms with E-state index in [9.17, 15) is 0 Å². The van der Waals surface area contributed by atoms with E-state index in [0.717, 1.165) is 35.1 Å². The molecule has 2 aromatic carbocycles. The third-order valence-electron chi connectivity index (χ3n) is 6.05. The molecule has 0 fully saturated rings. The molecule has 0 radical (unpaired) electrons. The zero-order valence-corrected chi connectivity index (χ0v) is 20.8. The van der Waals surface area contributed by atoms with Crippen molar-refractivity contribution in [1.82, 2.24) is 10.2 Å². The first-order valence-corrected chi connectivity index (χ1v) is 12.4. The van der Waals surface area contributed by atoms with Crippen LogP contribution in [-0.2, 0) is 9.47 Å². The molecule has 7 nitrogen and oxygen atoms in total. The lowest BCUT2D eigenvalue weighted by atomic mass is 10.1. The van der Waals surface area contributed by atoms with Crippen molar-refractivity contribution >= 4 is 11.8 Å². The summed E-state index contributed by atoms with van der Waals surface area (Å²) >= 11 is 0. The Bertz CT molecular complexity index is 1150. The molecule has 0 spiro atoms. The van der Waals surface area contributed by atoms with E-state index >= 15 is 0 Å². The number of aliphatic imine (C=N–C) groups is 2. The van der Waals surface area contributed by atoms with Crippen LogP contribution >= 0.6 is 0 Å². The van der Waals surface area contributed by atoms with Crippen LogP contribution in [0.15, 0.2) is 62.9 Å². The van der Waals surface area contributed by atoms with Gasteiger partial charge in [-0.2, -0.15) is 0 Å². The van der Waals surface area contributed by atoms with Gasteiger partial charge in [-0.05, 0) is 61.1 Å². The number of aromatic nitrogens is 2. The highest BCUT2D eigenvalue weighted by Crippen LogP contribution is 2.27. The van der Waals surface area contributed by atoms with E-state index in [2.05, 4.69) is 37.9 Å². The fourth-order valence-corrected chi connectivity index (χ4v) is 4.50. The van der Waals surface area contributed by atoms with Crippen molar-refractivity contribution in [2.75, 3.05) is 13.2 Å². The Morgan fingerprint density at radius 1 is 0.686 bits per heavy atom. The molecular weight excluding hydrogens is 440 g/mol. The lowest BCUT2D eigenvalue weighted by molar-refractivity contribution is 0.301. The average Bonchev–Trinajstić information content (AvgIpc) is 3.60. The van der Waals surface area contributed by atoms with E-state index < -0.39 is 0 Å². The molecule has 2 atom stereocenters. The minimum Gasteiger partial charge on any atom is -0.475 e. The fourth-order valence-electron chi connectivity index (χ4n) is 4.50. The quantitative estimate of drug-likeness (QED) is 0.415. The first kappa shape index (κ1) is 23.3. The minimum atomic E-state index is 0.213. The fraction of sp³-hybridized carbons (Fsp3) is 0.429. The summed E-state index contributed by atoms with van der Waals surface area (Å²) in [6.07, 6.45) is 2.04. The van der Waals surface area contributed by atoms with Crippen molar-refractivity contribution in [3.63, 3.8) is 0 Å². The molecule has 0 saturated carbocycles. The van der Waals surface area contributed by atoms with E-state index in [4.69, 9.17) is 23.9 Å². The van der Waals surface area contributed by atoms with Crippen molar-refractivity contribution in [2.24, 2.45) is 21.8 Å². The molecule has 0 unspecified atom stereocenters. The Labute approximate surface area is 206 Å². The van der Waals surface area contributed by atoms with Crippen LogP contribution in [0.5, 0.6) is 0 Å². The van der Waals surface area contributed by atoms with Gasteiger partial charge in [0.2, 0.25) is 23.6 Å². The Hall–Kier alpha value is -3.48. The number of hydrogen-bond acceptors (Lipinski definition) is 7. The second kappa shape index (κ2) is 10.0. The molecule has 0 saturated heterocycles. The van der Waals surface area contributed by atoms with Crippen molar-refractivity contribution in [1.29, 1.82) is 0 Å². The van der Waals surface area contributed by atoms with Gasteiger partial charge in [-0.3, -0.25) is 0 Å². The standard InChI is InChI=1S/C28H32N4O3/c1-17(2)11-23-15-33-25(29-23)19-7-5-9-21(13-19)27-31-32-28(35-27)22-10-6-8-20(14-22)26-30-24(16-34-26)12-18(3)4/h5-10,13-14,17-18,23-24H,11-12,15-16H2,1-4H3/t23-,24-/m0/s1. The Kier molecular flexibility index (Phi) is 6.66. The highest BCUT2D eigenvalue weighted by atomic mass is 16.5. The summed E-state index contributed by atoms with van der Waals surface area (Å²) in [5.41, 5.74) is 3.50. The number of nitrogens with zero attached hydrogens (tertiary/aromatic N) is 4. The summed E-state index contributed by atoms with van der Waals surface area (Å²) in [6.45, 7) is 10.1. The molecular formula is C28H32N4O3. The molecule has 1 aromatic heterocycles. The number of hydrogen-bond donors (Lipinski definition) is 0. The van der Waals surface area contributed by atoms with Crippen molar-refractivity contribution in [2.45, 2.75) is 52.6 Å². The second-order valence-electron chi connectivity index (χ2n) is 10.1. The van der Waals surface area contributed by atoms with Gasteiger partial charge in [0.15, 0.2) is 0 Å². The van der Waals surface area contributed by atoms with Gasteiger partial charge in [-0.1, -0.05) is 39.8 Å². The van der Waals surface area contributed by atoms with Gasteiger partial charge in [0.25, 0.3) is 0 Å². The van der Waals surface area contributed by atoms with Gasteiger partial charge in [0.05, 0.1) is 12.1 Å². The van der Waals surface area contributed by atoms with E-state index in [1.165, 1.54) is 0 Å². The van der Waals surface area contributed by atoms with Crippen molar-refractivity contribution in [3.8, 4) is 22.9 Å². The zero-order chi connectivity index (χ0) is 24.4. The first-order chi connectivity index (χ1) is 16.9. The molecule has 3 heterocycles. The summed E-state index contributed by atoms with van der Waals surface area (Å²) in [7, 11) is 0. The highest BCUT2D eigenvalue weighted by Gasteiger charge is 2.23. The van der Waals surface area contributed by atoms with Gasteiger partial charge in [0.1, 0.15) is 13.2 Å². The van der Waals surface area contributed by atoms with Crippen molar-refractivity contribution in [3.05, 3.63) is 59.7 Å². The summed E-state index contributed by atoms with van der Waals surface area (Å²) in [4.78, 5) is 9.52. The number of benzene rings is 2. The Morgan fingerprint density at radius 3 is 1.54 bits per heavy atom. The molecule has 0 amide bonds.